The van der Waals surface area contributed by atoms with E-state index in [1.807, 2.05) is 0 Å². The van der Waals surface area contributed by atoms with E-state index in [-0.39, 0.29) is 29.0 Å². The lowest BCUT2D eigenvalue weighted by atomic mass is 9.44. The van der Waals surface area contributed by atoms with Crippen molar-refractivity contribution in [1.29, 1.82) is 0 Å². The van der Waals surface area contributed by atoms with Gasteiger partial charge in [0, 0.05) is 17.8 Å². The Hall–Kier alpha value is -0.560. The summed E-state index contributed by atoms with van der Waals surface area (Å²) in [6.45, 7) is 8.58. The van der Waals surface area contributed by atoms with Gasteiger partial charge in [-0.05, 0) is 92.8 Å². The molecule has 8 rings (SSSR count). The number of fused-ring (bicyclic) bond motifs is 7. The number of aliphatic hydroxyl groups is 8. The molecular formula is C39H64O14. The van der Waals surface area contributed by atoms with Crippen LogP contribution in [0.4, 0.5) is 0 Å². The molecule has 4 saturated carbocycles. The maximum atomic E-state index is 12.7. The van der Waals surface area contributed by atoms with Crippen LogP contribution in [0.1, 0.15) is 91.9 Å². The van der Waals surface area contributed by atoms with Crippen LogP contribution >= 0.6 is 0 Å². The monoisotopic (exact) mass is 756 g/mol. The van der Waals surface area contributed by atoms with E-state index >= 15 is 0 Å². The maximum Gasteiger partial charge on any atom is 0.187 e. The summed E-state index contributed by atoms with van der Waals surface area (Å²) in [5.41, 5.74) is -1.10. The topological polar surface area (TPSA) is 217 Å². The molecule has 14 heteroatoms. The minimum Gasteiger partial charge on any atom is -0.394 e. The first-order valence-electron chi connectivity index (χ1n) is 20.4. The molecular weight excluding hydrogens is 692 g/mol. The highest BCUT2D eigenvalue weighted by atomic mass is 16.8. The fraction of sp³-hybridized carbons (Fsp3) is 1.00. The Morgan fingerprint density at radius 1 is 0.698 bits per heavy atom. The van der Waals surface area contributed by atoms with Gasteiger partial charge in [-0.3, -0.25) is 0 Å². The van der Waals surface area contributed by atoms with Gasteiger partial charge in [0.1, 0.15) is 54.4 Å². The van der Waals surface area contributed by atoms with Crippen molar-refractivity contribution in [2.45, 2.75) is 177 Å². The molecule has 0 unspecified atom stereocenters. The Kier molecular flexibility index (Phi) is 10.4. The SMILES string of the molecule is C[C@H]1CC[C@@]2(OC1)O[C@H]1C[C@@H]3[C@H]4CC[C@@H]5C[C@@H](O[C@@H]6O[C@H](CO)[C@@H](O)[C@H](O)[C@H]6O[C@@H]6O[C@H](CO)[C@@H](O)[C@H](O)[C@H]6O)CC[C@]5(C)[C@@H]4CC[C@]3(C)[C@@]1(O)[C@@H]2C. The average Bonchev–Trinajstić information content (AvgIpc) is 3.50. The minimum absolute atomic E-state index is 0.0731. The predicted octanol–water partition coefficient (Wildman–Crippen LogP) is 0.557. The Labute approximate surface area is 312 Å². The van der Waals surface area contributed by atoms with Crippen LogP contribution < -0.4 is 0 Å². The van der Waals surface area contributed by atoms with Crippen molar-refractivity contribution in [3.05, 3.63) is 0 Å². The molecule has 1 spiro atoms. The second-order valence-corrected chi connectivity index (χ2v) is 18.8. The molecule has 14 nitrogen and oxygen atoms in total. The molecule has 0 aromatic carbocycles. The van der Waals surface area contributed by atoms with Crippen molar-refractivity contribution < 1.29 is 69.3 Å². The highest BCUT2D eigenvalue weighted by Gasteiger charge is 2.76. The summed E-state index contributed by atoms with van der Waals surface area (Å²) in [6.07, 6.45) is -6.03. The van der Waals surface area contributed by atoms with Gasteiger partial charge >= 0.3 is 0 Å². The van der Waals surface area contributed by atoms with Crippen LogP contribution in [0.5, 0.6) is 0 Å². The van der Waals surface area contributed by atoms with E-state index in [2.05, 4.69) is 27.7 Å². The van der Waals surface area contributed by atoms with Gasteiger partial charge in [0.05, 0.1) is 32.0 Å². The summed E-state index contributed by atoms with van der Waals surface area (Å²) in [6, 6.07) is 0. The molecule has 0 bridgehead atoms. The number of hydrogen-bond acceptors (Lipinski definition) is 14. The largest absolute Gasteiger partial charge is 0.394 e. The van der Waals surface area contributed by atoms with Gasteiger partial charge in [-0.1, -0.05) is 27.7 Å². The van der Waals surface area contributed by atoms with Crippen molar-refractivity contribution >= 4 is 0 Å². The second kappa shape index (κ2) is 14.1. The van der Waals surface area contributed by atoms with E-state index in [0.29, 0.717) is 36.2 Å². The van der Waals surface area contributed by atoms with Gasteiger partial charge in [0.25, 0.3) is 0 Å². The summed E-state index contributed by atoms with van der Waals surface area (Å²) in [4.78, 5) is 0. The lowest BCUT2D eigenvalue weighted by molar-refractivity contribution is -0.373. The summed E-state index contributed by atoms with van der Waals surface area (Å²) < 4.78 is 37.2. The zero-order valence-corrected chi connectivity index (χ0v) is 31.6. The van der Waals surface area contributed by atoms with Crippen molar-refractivity contribution in [3.8, 4) is 0 Å². The molecule has 0 amide bonds. The van der Waals surface area contributed by atoms with Crippen molar-refractivity contribution in [1.82, 2.24) is 0 Å². The van der Waals surface area contributed by atoms with E-state index in [4.69, 9.17) is 28.4 Å². The minimum atomic E-state index is -1.73. The van der Waals surface area contributed by atoms with Gasteiger partial charge in [0.15, 0.2) is 18.4 Å². The van der Waals surface area contributed by atoms with Gasteiger partial charge < -0.3 is 69.3 Å². The third kappa shape index (κ3) is 5.86. The van der Waals surface area contributed by atoms with Crippen molar-refractivity contribution in [3.63, 3.8) is 0 Å². The predicted molar refractivity (Wildman–Crippen MR) is 184 cm³/mol. The molecule has 8 N–H and O–H groups in total. The van der Waals surface area contributed by atoms with E-state index in [1.165, 1.54) is 0 Å². The summed E-state index contributed by atoms with van der Waals surface area (Å²) in [7, 11) is 0. The molecule has 4 aliphatic heterocycles. The molecule has 8 aliphatic rings. The number of rotatable bonds is 6. The number of aliphatic hydroxyl groups excluding tert-OH is 7. The molecule has 53 heavy (non-hydrogen) atoms. The molecule has 0 aromatic rings. The molecule has 4 saturated heterocycles. The quantitative estimate of drug-likeness (QED) is 0.174. The van der Waals surface area contributed by atoms with E-state index in [1.54, 1.807) is 0 Å². The zero-order chi connectivity index (χ0) is 37.8. The number of hydrogen-bond donors (Lipinski definition) is 8. The molecule has 0 aromatic heterocycles. The van der Waals surface area contributed by atoms with Gasteiger partial charge in [0.2, 0.25) is 0 Å². The van der Waals surface area contributed by atoms with Crippen LogP contribution in [0, 0.1) is 46.3 Å². The van der Waals surface area contributed by atoms with Gasteiger partial charge in [-0.15, -0.1) is 0 Å². The second-order valence-electron chi connectivity index (χ2n) is 18.8. The van der Waals surface area contributed by atoms with Crippen molar-refractivity contribution in [2.24, 2.45) is 46.3 Å². The lowest BCUT2D eigenvalue weighted by Gasteiger charge is -2.62. The van der Waals surface area contributed by atoms with Crippen LogP contribution in [-0.4, -0.2) is 146 Å². The Balaban J connectivity index is 0.954. The van der Waals surface area contributed by atoms with E-state index in [0.717, 1.165) is 64.2 Å². The molecule has 4 aliphatic carbocycles. The van der Waals surface area contributed by atoms with Crippen LogP contribution in [0.25, 0.3) is 0 Å². The first-order valence-corrected chi connectivity index (χ1v) is 20.4. The zero-order valence-electron chi connectivity index (χ0n) is 31.6. The molecule has 22 atom stereocenters. The summed E-state index contributed by atoms with van der Waals surface area (Å²) in [5, 5.41) is 85.4. The fourth-order valence-electron chi connectivity index (χ4n) is 13.1. The van der Waals surface area contributed by atoms with E-state index < -0.39 is 86.0 Å². The van der Waals surface area contributed by atoms with E-state index in [9.17, 15) is 40.9 Å². The lowest BCUT2D eigenvalue weighted by Crippen LogP contribution is -2.65. The van der Waals surface area contributed by atoms with Crippen molar-refractivity contribution in [2.75, 3.05) is 19.8 Å². The normalized spacial score (nSPS) is 59.5. The number of ether oxygens (including phenoxy) is 6. The highest BCUT2D eigenvalue weighted by Crippen LogP contribution is 2.72. The first kappa shape index (κ1) is 39.3. The highest BCUT2D eigenvalue weighted by molar-refractivity contribution is 5.23. The summed E-state index contributed by atoms with van der Waals surface area (Å²) >= 11 is 0. The summed E-state index contributed by atoms with van der Waals surface area (Å²) in [5.74, 6) is 1.43. The van der Waals surface area contributed by atoms with Crippen LogP contribution in [0.2, 0.25) is 0 Å². The van der Waals surface area contributed by atoms with Crippen LogP contribution in [-0.2, 0) is 28.4 Å². The fourth-order valence-corrected chi connectivity index (χ4v) is 13.1. The third-order valence-corrected chi connectivity index (χ3v) is 16.4. The van der Waals surface area contributed by atoms with Gasteiger partial charge in [-0.25, -0.2) is 0 Å². The van der Waals surface area contributed by atoms with Crippen LogP contribution in [0.3, 0.4) is 0 Å². The Bertz CT molecular complexity index is 1310. The average molecular weight is 757 g/mol. The Morgan fingerprint density at radius 2 is 1.40 bits per heavy atom. The Morgan fingerprint density at radius 3 is 2.08 bits per heavy atom. The molecule has 8 fully saturated rings. The maximum absolute atomic E-state index is 12.7. The third-order valence-electron chi connectivity index (χ3n) is 16.4. The van der Waals surface area contributed by atoms with Gasteiger partial charge in [-0.2, -0.15) is 0 Å². The van der Waals surface area contributed by atoms with Crippen LogP contribution in [0.15, 0.2) is 0 Å². The first-order chi connectivity index (χ1) is 25.1. The molecule has 304 valence electrons. The molecule has 0 radical (unpaired) electrons. The standard InChI is InChI=1S/C39H64O14/c1-18-7-12-38(48-17-18)19(2)39(47)27(53-38)14-24-22-6-5-20-13-21(8-10-36(20,3)23(22)9-11-37(24,39)4)49-35-33(31(45)29(43)26(16-41)51-35)52-34-32(46)30(44)28(42)25(15-40)50-34/h18-35,40-47H,5-17H2,1-4H3/t18-,19+,20+,21-,22-,23+,24+,25+,26+,27-,28+,29+,30-,31-,32+,33+,34-,35+,36-,37-,38+,39+/m0/s1. The smallest absolute Gasteiger partial charge is 0.187 e. The molecule has 4 heterocycles.